The first kappa shape index (κ1) is 15.1. The monoisotopic (exact) mass is 315 g/mol. The van der Waals surface area contributed by atoms with Crippen LogP contribution in [-0.2, 0) is 7.05 Å². The number of nitrogens with zero attached hydrogens (tertiary/aromatic N) is 3. The van der Waals surface area contributed by atoms with Gasteiger partial charge in [0.25, 0.3) is 11.8 Å². The Morgan fingerprint density at radius 3 is 2.22 bits per heavy atom. The van der Waals surface area contributed by atoms with Crippen LogP contribution in [0.5, 0.6) is 0 Å². The van der Waals surface area contributed by atoms with Gasteiger partial charge in [-0.25, -0.2) is 0 Å². The van der Waals surface area contributed by atoms with Gasteiger partial charge in [-0.1, -0.05) is 0 Å². The van der Waals surface area contributed by atoms with E-state index in [1.807, 2.05) is 0 Å². The number of pyridine rings is 1. The van der Waals surface area contributed by atoms with Crippen LogP contribution < -0.4 is 5.56 Å². The van der Waals surface area contributed by atoms with Crippen molar-refractivity contribution in [3.05, 3.63) is 58.4 Å². The summed E-state index contributed by atoms with van der Waals surface area (Å²) in [6.07, 6.45) is 3.00. The first-order valence-electron chi connectivity index (χ1n) is 7.35. The molecule has 2 amide bonds. The zero-order chi connectivity index (χ0) is 16.4. The molecule has 1 fully saturated rings. The number of aryl methyl sites for hydroxylation is 1. The van der Waals surface area contributed by atoms with Gasteiger partial charge in [-0.2, -0.15) is 0 Å². The molecule has 23 heavy (non-hydrogen) atoms. The molecule has 0 radical (unpaired) electrons. The largest absolute Gasteiger partial charge is 0.459 e. The van der Waals surface area contributed by atoms with Crippen molar-refractivity contribution in [2.45, 2.75) is 0 Å². The first-order chi connectivity index (χ1) is 11.1. The third kappa shape index (κ3) is 3.03. The van der Waals surface area contributed by atoms with Gasteiger partial charge in [-0.3, -0.25) is 14.4 Å². The fourth-order valence-corrected chi connectivity index (χ4v) is 2.57. The third-order valence-corrected chi connectivity index (χ3v) is 3.92. The molecule has 1 aliphatic rings. The van der Waals surface area contributed by atoms with Crippen molar-refractivity contribution in [1.82, 2.24) is 14.4 Å². The number of piperazine rings is 1. The van der Waals surface area contributed by atoms with Gasteiger partial charge in [-0.15, -0.1) is 0 Å². The molecular weight excluding hydrogens is 298 g/mol. The zero-order valence-electron chi connectivity index (χ0n) is 12.8. The summed E-state index contributed by atoms with van der Waals surface area (Å²) < 4.78 is 6.49. The van der Waals surface area contributed by atoms with E-state index >= 15 is 0 Å². The SMILES string of the molecule is Cn1cc(C(=O)N2CCN(C(=O)c3ccco3)CC2)ccc1=O. The number of carbonyl (C=O) groups is 2. The van der Waals surface area contributed by atoms with E-state index in [0.29, 0.717) is 37.5 Å². The molecule has 120 valence electrons. The maximum Gasteiger partial charge on any atom is 0.289 e. The van der Waals surface area contributed by atoms with Crippen molar-refractivity contribution in [3.8, 4) is 0 Å². The molecule has 3 rings (SSSR count). The number of amides is 2. The van der Waals surface area contributed by atoms with E-state index in [1.54, 1.807) is 29.0 Å². The number of hydrogen-bond acceptors (Lipinski definition) is 4. The summed E-state index contributed by atoms with van der Waals surface area (Å²) in [6, 6.07) is 6.21. The highest BCUT2D eigenvalue weighted by atomic mass is 16.3. The summed E-state index contributed by atoms with van der Waals surface area (Å²) in [5.74, 6) is 0.0118. The normalized spacial score (nSPS) is 14.8. The highest BCUT2D eigenvalue weighted by Gasteiger charge is 2.26. The van der Waals surface area contributed by atoms with E-state index in [2.05, 4.69) is 0 Å². The molecule has 2 aromatic heterocycles. The van der Waals surface area contributed by atoms with Gasteiger partial charge in [0.1, 0.15) is 0 Å². The molecule has 7 nitrogen and oxygen atoms in total. The van der Waals surface area contributed by atoms with Crippen molar-refractivity contribution < 1.29 is 14.0 Å². The van der Waals surface area contributed by atoms with E-state index in [0.717, 1.165) is 0 Å². The Kier molecular flexibility index (Phi) is 4.01. The topological polar surface area (TPSA) is 75.8 Å². The van der Waals surface area contributed by atoms with Crippen molar-refractivity contribution in [2.24, 2.45) is 7.05 Å². The molecule has 0 aliphatic carbocycles. The molecule has 7 heteroatoms. The van der Waals surface area contributed by atoms with Crippen LogP contribution in [0.3, 0.4) is 0 Å². The second-order valence-corrected chi connectivity index (χ2v) is 5.43. The Morgan fingerprint density at radius 2 is 1.65 bits per heavy atom. The molecule has 0 unspecified atom stereocenters. The Morgan fingerprint density at radius 1 is 1.00 bits per heavy atom. The summed E-state index contributed by atoms with van der Waals surface area (Å²) in [5, 5.41) is 0. The highest BCUT2D eigenvalue weighted by molar-refractivity contribution is 5.94. The van der Waals surface area contributed by atoms with Crippen LogP contribution >= 0.6 is 0 Å². The maximum atomic E-state index is 12.5. The molecule has 0 saturated carbocycles. The molecule has 0 aromatic carbocycles. The van der Waals surface area contributed by atoms with Crippen LogP contribution in [-0.4, -0.2) is 52.4 Å². The van der Waals surface area contributed by atoms with Gasteiger partial charge in [0, 0.05) is 45.5 Å². The maximum absolute atomic E-state index is 12.5. The number of hydrogen-bond donors (Lipinski definition) is 0. The van der Waals surface area contributed by atoms with E-state index in [9.17, 15) is 14.4 Å². The lowest BCUT2D eigenvalue weighted by Gasteiger charge is -2.34. The molecule has 1 saturated heterocycles. The second-order valence-electron chi connectivity index (χ2n) is 5.43. The van der Waals surface area contributed by atoms with Crippen molar-refractivity contribution >= 4 is 11.8 Å². The second kappa shape index (κ2) is 6.12. The van der Waals surface area contributed by atoms with Crippen molar-refractivity contribution in [3.63, 3.8) is 0 Å². The Labute approximate surface area is 132 Å². The van der Waals surface area contributed by atoms with Gasteiger partial charge in [0.2, 0.25) is 5.56 Å². The van der Waals surface area contributed by atoms with E-state index < -0.39 is 0 Å². The lowest BCUT2D eigenvalue weighted by molar-refractivity contribution is 0.0517. The fraction of sp³-hybridized carbons (Fsp3) is 0.312. The minimum atomic E-state index is -0.163. The van der Waals surface area contributed by atoms with E-state index in [1.165, 1.54) is 29.2 Å². The van der Waals surface area contributed by atoms with Crippen LogP contribution in [0.15, 0.2) is 45.9 Å². The number of carbonyl (C=O) groups excluding carboxylic acids is 2. The van der Waals surface area contributed by atoms with Crippen LogP contribution in [0, 0.1) is 0 Å². The molecule has 0 spiro atoms. The van der Waals surface area contributed by atoms with Crippen molar-refractivity contribution in [1.29, 1.82) is 0 Å². The van der Waals surface area contributed by atoms with Crippen LogP contribution in [0.1, 0.15) is 20.9 Å². The molecule has 0 bridgehead atoms. The van der Waals surface area contributed by atoms with Gasteiger partial charge < -0.3 is 18.8 Å². The quantitative estimate of drug-likeness (QED) is 0.812. The van der Waals surface area contributed by atoms with Gasteiger partial charge in [0.15, 0.2) is 5.76 Å². The summed E-state index contributed by atoms with van der Waals surface area (Å²) in [7, 11) is 1.61. The number of aromatic nitrogens is 1. The third-order valence-electron chi connectivity index (χ3n) is 3.92. The minimum absolute atomic E-state index is 0.134. The summed E-state index contributed by atoms with van der Waals surface area (Å²) in [4.78, 5) is 39.4. The van der Waals surface area contributed by atoms with Crippen molar-refractivity contribution in [2.75, 3.05) is 26.2 Å². The molecular formula is C16H17N3O4. The van der Waals surface area contributed by atoms with Crippen LogP contribution in [0.2, 0.25) is 0 Å². The standard InChI is InChI=1S/C16H17N3O4/c1-17-11-12(4-5-14(17)20)15(21)18-6-8-19(9-7-18)16(22)13-3-2-10-23-13/h2-5,10-11H,6-9H2,1H3. The average Bonchev–Trinajstić information content (AvgIpc) is 3.11. The predicted octanol–water partition coefficient (Wildman–Crippen LogP) is 0.577. The smallest absolute Gasteiger partial charge is 0.289 e. The molecule has 0 atom stereocenters. The van der Waals surface area contributed by atoms with Gasteiger partial charge in [0.05, 0.1) is 11.8 Å². The minimum Gasteiger partial charge on any atom is -0.459 e. The summed E-state index contributed by atoms with van der Waals surface area (Å²) in [5.41, 5.74) is 0.313. The molecule has 1 aliphatic heterocycles. The molecule has 0 N–H and O–H groups in total. The average molecular weight is 315 g/mol. The van der Waals surface area contributed by atoms with Crippen LogP contribution in [0.4, 0.5) is 0 Å². The predicted molar refractivity (Wildman–Crippen MR) is 82.2 cm³/mol. The summed E-state index contributed by atoms with van der Waals surface area (Å²) >= 11 is 0. The molecule has 2 aromatic rings. The van der Waals surface area contributed by atoms with E-state index in [-0.39, 0.29) is 17.4 Å². The Hall–Kier alpha value is -2.83. The zero-order valence-corrected chi connectivity index (χ0v) is 12.8. The van der Waals surface area contributed by atoms with Crippen LogP contribution in [0.25, 0.3) is 0 Å². The lowest BCUT2D eigenvalue weighted by Crippen LogP contribution is -2.50. The lowest BCUT2D eigenvalue weighted by atomic mass is 10.2. The number of furan rings is 1. The highest BCUT2D eigenvalue weighted by Crippen LogP contribution is 2.11. The van der Waals surface area contributed by atoms with E-state index in [4.69, 9.17) is 4.42 Å². The Balaban J connectivity index is 1.64. The van der Waals surface area contributed by atoms with Gasteiger partial charge >= 0.3 is 0 Å². The Bertz CT molecular complexity index is 771. The fourth-order valence-electron chi connectivity index (χ4n) is 2.57. The summed E-state index contributed by atoms with van der Waals surface area (Å²) in [6.45, 7) is 1.82. The molecule has 3 heterocycles. The first-order valence-corrected chi connectivity index (χ1v) is 7.35. The number of rotatable bonds is 2. The van der Waals surface area contributed by atoms with Gasteiger partial charge in [-0.05, 0) is 18.2 Å².